The second-order valence-electron chi connectivity index (χ2n) is 6.65. The molecular weight excluding hydrogens is 393 g/mol. The van der Waals surface area contributed by atoms with E-state index in [2.05, 4.69) is 47.3 Å². The summed E-state index contributed by atoms with van der Waals surface area (Å²) in [5.41, 5.74) is 0. The average molecular weight is 416 g/mol. The maximum atomic E-state index is 10.3. The lowest BCUT2D eigenvalue weighted by molar-refractivity contribution is 0.644. The highest BCUT2D eigenvalue weighted by molar-refractivity contribution is 8.01. The van der Waals surface area contributed by atoms with Gasteiger partial charge in [-0.05, 0) is 23.2 Å². The number of thiocarbonyl (C=S) groups is 1. The van der Waals surface area contributed by atoms with Crippen molar-refractivity contribution in [3.05, 3.63) is 102 Å². The molecular formula is C24H22N3PS-. The Hall–Kier alpha value is -2.90. The maximum Gasteiger partial charge on any atom is 0.142 e. The van der Waals surface area contributed by atoms with E-state index < -0.39 is 7.26 Å². The van der Waals surface area contributed by atoms with Crippen molar-refractivity contribution in [3.63, 3.8) is 0 Å². The van der Waals surface area contributed by atoms with E-state index in [9.17, 15) is 5.41 Å². The predicted molar refractivity (Wildman–Crippen MR) is 132 cm³/mol. The zero-order chi connectivity index (χ0) is 20.7. The van der Waals surface area contributed by atoms with Gasteiger partial charge in [-0.25, -0.2) is 4.99 Å². The van der Waals surface area contributed by atoms with Gasteiger partial charge >= 0.3 is 0 Å². The number of hydrogen-bond donors (Lipinski definition) is 0. The van der Waals surface area contributed by atoms with Gasteiger partial charge in [0.2, 0.25) is 0 Å². The van der Waals surface area contributed by atoms with Crippen LogP contribution in [0, 0.1) is 0 Å². The van der Waals surface area contributed by atoms with E-state index in [1.807, 2.05) is 73.6 Å². The highest BCUT2D eigenvalue weighted by atomic mass is 32.1. The van der Waals surface area contributed by atoms with Crippen molar-refractivity contribution >= 4 is 52.6 Å². The van der Waals surface area contributed by atoms with Crippen LogP contribution in [0.25, 0.3) is 5.41 Å². The molecule has 3 rings (SSSR count). The van der Waals surface area contributed by atoms with E-state index in [0.29, 0.717) is 10.3 Å². The van der Waals surface area contributed by atoms with Crippen LogP contribution in [0.4, 0.5) is 0 Å². The van der Waals surface area contributed by atoms with Crippen molar-refractivity contribution < 1.29 is 0 Å². The van der Waals surface area contributed by atoms with Crippen LogP contribution < -0.4 is 15.9 Å². The molecule has 29 heavy (non-hydrogen) atoms. The van der Waals surface area contributed by atoms with Gasteiger partial charge in [-0.15, -0.1) is 0 Å². The third-order valence-electron chi connectivity index (χ3n) is 4.48. The summed E-state index contributed by atoms with van der Waals surface area (Å²) < 4.78 is 0. The summed E-state index contributed by atoms with van der Waals surface area (Å²) in [7, 11) is 1.26. The zero-order valence-corrected chi connectivity index (χ0v) is 18.1. The van der Waals surface area contributed by atoms with E-state index in [1.165, 1.54) is 0 Å². The fourth-order valence-electron chi connectivity index (χ4n) is 3.28. The molecule has 0 aliphatic rings. The Morgan fingerprint density at radius 2 is 1.21 bits per heavy atom. The summed E-state index contributed by atoms with van der Waals surface area (Å²) in [5.74, 6) is 2.45. The van der Waals surface area contributed by atoms with Crippen LogP contribution in [0.5, 0.6) is 0 Å². The van der Waals surface area contributed by atoms with Crippen molar-refractivity contribution in [2.45, 2.75) is 0 Å². The molecule has 0 aliphatic heterocycles. The first-order valence-corrected chi connectivity index (χ1v) is 11.4. The van der Waals surface area contributed by atoms with Crippen LogP contribution in [0.15, 0.2) is 101 Å². The van der Waals surface area contributed by atoms with Crippen LogP contribution in [0.1, 0.15) is 0 Å². The summed E-state index contributed by atoms with van der Waals surface area (Å²) in [6.07, 6.45) is 1.65. The lowest BCUT2D eigenvalue weighted by atomic mass is 10.3. The highest BCUT2D eigenvalue weighted by Gasteiger charge is 2.39. The minimum absolute atomic E-state index is 0.325. The predicted octanol–water partition coefficient (Wildman–Crippen LogP) is 4.02. The van der Waals surface area contributed by atoms with E-state index >= 15 is 0 Å². The van der Waals surface area contributed by atoms with Gasteiger partial charge in [0.1, 0.15) is 4.99 Å². The molecule has 0 atom stereocenters. The van der Waals surface area contributed by atoms with Gasteiger partial charge in [0.15, 0.2) is 0 Å². The molecule has 0 aliphatic carbocycles. The van der Waals surface area contributed by atoms with Gasteiger partial charge in [-0.1, -0.05) is 103 Å². The normalized spacial score (nSPS) is 11.1. The Kier molecular flexibility index (Phi) is 6.85. The number of aliphatic imine (C=N–C) groups is 1. The van der Waals surface area contributed by atoms with E-state index in [-0.39, 0.29) is 0 Å². The van der Waals surface area contributed by atoms with E-state index in [0.717, 1.165) is 15.9 Å². The molecule has 0 aromatic heterocycles. The first-order chi connectivity index (χ1) is 14.1. The first kappa shape index (κ1) is 20.8. The average Bonchev–Trinajstić information content (AvgIpc) is 2.77. The third kappa shape index (κ3) is 4.26. The quantitative estimate of drug-likeness (QED) is 0.201. The molecule has 0 heterocycles. The lowest BCUT2D eigenvalue weighted by Gasteiger charge is -2.39. The first-order valence-electron chi connectivity index (χ1n) is 9.19. The molecule has 145 valence electrons. The number of benzene rings is 3. The van der Waals surface area contributed by atoms with E-state index in [4.69, 9.17) is 12.2 Å². The van der Waals surface area contributed by atoms with Crippen molar-refractivity contribution in [2.24, 2.45) is 4.99 Å². The molecule has 0 bridgehead atoms. The Labute approximate surface area is 178 Å². The van der Waals surface area contributed by atoms with Crippen LogP contribution in [0.2, 0.25) is 0 Å². The minimum atomic E-state index is -2.50. The maximum absolute atomic E-state index is 10.3. The summed E-state index contributed by atoms with van der Waals surface area (Å²) in [6, 6.07) is 30.6. The molecule has 3 aromatic rings. The molecule has 0 amide bonds. The van der Waals surface area contributed by atoms with Gasteiger partial charge < -0.3 is 10.3 Å². The van der Waals surface area contributed by atoms with Gasteiger partial charge in [-0.3, -0.25) is 5.87 Å². The van der Waals surface area contributed by atoms with Crippen molar-refractivity contribution in [1.29, 1.82) is 0 Å². The van der Waals surface area contributed by atoms with Crippen LogP contribution >= 0.6 is 19.5 Å². The highest BCUT2D eigenvalue weighted by Crippen LogP contribution is 2.62. The zero-order valence-electron chi connectivity index (χ0n) is 16.4. The van der Waals surface area contributed by atoms with Crippen molar-refractivity contribution in [3.8, 4) is 0 Å². The Morgan fingerprint density at radius 1 is 0.828 bits per heavy atom. The van der Waals surface area contributed by atoms with Gasteiger partial charge in [0.05, 0.1) is 6.34 Å². The molecule has 3 aromatic carbocycles. The van der Waals surface area contributed by atoms with Crippen LogP contribution in [-0.4, -0.2) is 36.2 Å². The smallest absolute Gasteiger partial charge is 0.142 e. The second kappa shape index (κ2) is 9.54. The molecule has 0 fully saturated rings. The minimum Gasteiger partial charge on any atom is -0.763 e. The summed E-state index contributed by atoms with van der Waals surface area (Å²) >= 11 is 5.68. The number of rotatable bonds is 6. The van der Waals surface area contributed by atoms with Gasteiger partial charge in [0, 0.05) is 19.4 Å². The summed E-state index contributed by atoms with van der Waals surface area (Å²) in [5, 5.41) is 14.1. The van der Waals surface area contributed by atoms with Crippen molar-refractivity contribution in [2.75, 3.05) is 14.1 Å². The largest absolute Gasteiger partial charge is 0.763 e. The molecule has 0 spiro atoms. The van der Waals surface area contributed by atoms with Gasteiger partial charge in [-0.2, -0.15) is 0 Å². The molecule has 1 radical (unpaired) electrons. The molecule has 0 saturated heterocycles. The third-order valence-corrected chi connectivity index (χ3v) is 9.14. The Balaban J connectivity index is 2.40. The Bertz CT molecular complexity index is 945. The second-order valence-corrected chi connectivity index (χ2v) is 10.4. The van der Waals surface area contributed by atoms with Crippen LogP contribution in [-0.2, 0) is 0 Å². The summed E-state index contributed by atoms with van der Waals surface area (Å²) in [4.78, 5) is 6.58. The molecule has 0 N–H and O–H groups in total. The molecule has 5 heteroatoms. The Morgan fingerprint density at radius 3 is 1.52 bits per heavy atom. The molecule has 3 nitrogen and oxygen atoms in total. The SMILES string of the molecule is CN(C)C=NC(=S)C(=C=[N-])[P](c1ccccc1)(c1ccccc1)c1ccccc1. The summed E-state index contributed by atoms with van der Waals surface area (Å²) in [6.45, 7) is 0. The number of hydrogen-bond acceptors (Lipinski definition) is 1. The fourth-order valence-corrected chi connectivity index (χ4v) is 7.81. The van der Waals surface area contributed by atoms with E-state index in [1.54, 1.807) is 6.34 Å². The van der Waals surface area contributed by atoms with Gasteiger partial charge in [0.25, 0.3) is 0 Å². The monoisotopic (exact) mass is 415 g/mol. The molecule has 0 unspecified atom stereocenters. The van der Waals surface area contributed by atoms with Crippen molar-refractivity contribution in [1.82, 2.24) is 4.90 Å². The number of nitrogens with zero attached hydrogens (tertiary/aromatic N) is 3. The fraction of sp³-hybridized carbons (Fsp3) is 0.0833. The standard InChI is InChI=1S/C24H22N3PS/c1-27(2)19-26-24(29)23(18-25)28(20-12-6-3-7-13-20,21-14-8-4-9-15-21)22-16-10-5-11-17-22/h3-17,19H,1-2H3/q-1. The lowest BCUT2D eigenvalue weighted by Crippen LogP contribution is -2.34. The van der Waals surface area contributed by atoms with Crippen LogP contribution in [0.3, 0.4) is 0 Å². The molecule has 0 saturated carbocycles. The topological polar surface area (TPSA) is 37.9 Å².